The van der Waals surface area contributed by atoms with E-state index in [4.69, 9.17) is 13.7 Å². The number of rotatable bonds is 6. The van der Waals surface area contributed by atoms with Gasteiger partial charge in [0.2, 0.25) is 0 Å². The third-order valence-electron chi connectivity index (χ3n) is 3.59. The van der Waals surface area contributed by atoms with Crippen LogP contribution in [0.2, 0.25) is 0 Å². The zero-order chi connectivity index (χ0) is 17.8. The maximum atomic E-state index is 11.9. The lowest BCUT2D eigenvalue weighted by Gasteiger charge is -2.00. The number of ether oxygens (including phenoxy) is 1. The summed E-state index contributed by atoms with van der Waals surface area (Å²) in [4.78, 5) is 16.2. The van der Waals surface area contributed by atoms with Crippen LogP contribution >= 0.6 is 11.8 Å². The van der Waals surface area contributed by atoms with E-state index < -0.39 is 0 Å². The molecule has 0 atom stereocenters. The van der Waals surface area contributed by atoms with Gasteiger partial charge < -0.3 is 13.7 Å². The predicted molar refractivity (Wildman–Crippen MR) is 96.5 cm³/mol. The van der Waals surface area contributed by atoms with Gasteiger partial charge in [0.25, 0.3) is 5.22 Å². The standard InChI is InChI=1S/C19H14N2O4S/c22-18(12-26-19-20-15-8-4-5-9-16(15)24-19)23-11-14-10-17(25-21-14)13-6-2-1-3-7-13/h1-10H,11-12H2. The van der Waals surface area contributed by atoms with Crippen molar-refractivity contribution in [3.05, 3.63) is 66.4 Å². The molecule has 2 aromatic carbocycles. The number of carbonyl (C=O) groups is 1. The van der Waals surface area contributed by atoms with Crippen LogP contribution in [0.15, 0.2) is 74.8 Å². The summed E-state index contributed by atoms with van der Waals surface area (Å²) in [6, 6.07) is 18.8. The summed E-state index contributed by atoms with van der Waals surface area (Å²) in [5.41, 5.74) is 2.94. The van der Waals surface area contributed by atoms with Gasteiger partial charge >= 0.3 is 5.97 Å². The number of fused-ring (bicyclic) bond motifs is 1. The Labute approximate surface area is 153 Å². The number of nitrogens with zero attached hydrogens (tertiary/aromatic N) is 2. The molecule has 26 heavy (non-hydrogen) atoms. The van der Waals surface area contributed by atoms with Crippen LogP contribution in [-0.2, 0) is 16.1 Å². The fourth-order valence-electron chi connectivity index (χ4n) is 2.35. The topological polar surface area (TPSA) is 78.4 Å². The molecule has 0 aliphatic heterocycles. The first-order chi connectivity index (χ1) is 12.8. The molecule has 4 aromatic rings. The summed E-state index contributed by atoms with van der Waals surface area (Å²) in [5, 5.41) is 4.36. The molecule has 0 saturated heterocycles. The smallest absolute Gasteiger partial charge is 0.316 e. The molecule has 0 unspecified atom stereocenters. The lowest BCUT2D eigenvalue weighted by atomic mass is 10.2. The second-order valence-electron chi connectivity index (χ2n) is 5.45. The Hall–Kier alpha value is -3.06. The van der Waals surface area contributed by atoms with Crippen molar-refractivity contribution in [1.29, 1.82) is 0 Å². The zero-order valence-electron chi connectivity index (χ0n) is 13.6. The number of oxazole rings is 1. The highest BCUT2D eigenvalue weighted by atomic mass is 32.2. The molecule has 2 aromatic heterocycles. The van der Waals surface area contributed by atoms with Gasteiger partial charge in [-0.05, 0) is 12.1 Å². The van der Waals surface area contributed by atoms with Crippen molar-refractivity contribution in [2.24, 2.45) is 0 Å². The Morgan fingerprint density at radius 2 is 1.88 bits per heavy atom. The highest BCUT2D eigenvalue weighted by molar-refractivity contribution is 7.99. The van der Waals surface area contributed by atoms with Crippen LogP contribution in [-0.4, -0.2) is 21.9 Å². The average Bonchev–Trinajstić information content (AvgIpc) is 3.32. The van der Waals surface area contributed by atoms with Crippen LogP contribution in [0.5, 0.6) is 0 Å². The Bertz CT molecular complexity index is 993. The molecule has 0 N–H and O–H groups in total. The van der Waals surface area contributed by atoms with E-state index in [-0.39, 0.29) is 18.3 Å². The van der Waals surface area contributed by atoms with Crippen molar-refractivity contribution in [1.82, 2.24) is 10.1 Å². The number of aromatic nitrogens is 2. The molecule has 0 spiro atoms. The van der Waals surface area contributed by atoms with E-state index in [2.05, 4.69) is 10.1 Å². The molecule has 4 rings (SSSR count). The maximum absolute atomic E-state index is 11.9. The number of thioether (sulfide) groups is 1. The van der Waals surface area contributed by atoms with Gasteiger partial charge in [-0.3, -0.25) is 4.79 Å². The minimum absolute atomic E-state index is 0.0588. The van der Waals surface area contributed by atoms with Gasteiger partial charge in [0.15, 0.2) is 11.3 Å². The minimum atomic E-state index is -0.374. The van der Waals surface area contributed by atoms with Crippen molar-refractivity contribution >= 4 is 28.8 Å². The first-order valence-corrected chi connectivity index (χ1v) is 8.91. The lowest BCUT2D eigenvalue weighted by molar-refractivity contribution is -0.141. The fraction of sp³-hybridized carbons (Fsp3) is 0.105. The van der Waals surface area contributed by atoms with Crippen molar-refractivity contribution in [2.45, 2.75) is 11.8 Å². The number of esters is 1. The van der Waals surface area contributed by atoms with E-state index in [1.54, 1.807) is 6.07 Å². The van der Waals surface area contributed by atoms with Crippen molar-refractivity contribution in [3.63, 3.8) is 0 Å². The quantitative estimate of drug-likeness (QED) is 0.371. The minimum Gasteiger partial charge on any atom is -0.458 e. The summed E-state index contributed by atoms with van der Waals surface area (Å²) in [5.74, 6) is 0.370. The van der Waals surface area contributed by atoms with Crippen LogP contribution in [0.1, 0.15) is 5.69 Å². The van der Waals surface area contributed by atoms with Gasteiger partial charge in [0.05, 0.1) is 0 Å². The van der Waals surface area contributed by atoms with E-state index in [0.29, 0.717) is 22.3 Å². The van der Waals surface area contributed by atoms with Crippen molar-refractivity contribution in [2.75, 3.05) is 5.75 Å². The van der Waals surface area contributed by atoms with Gasteiger partial charge in [0.1, 0.15) is 23.6 Å². The van der Waals surface area contributed by atoms with E-state index >= 15 is 0 Å². The maximum Gasteiger partial charge on any atom is 0.316 e. The molecule has 0 amide bonds. The highest BCUT2D eigenvalue weighted by Crippen LogP contribution is 2.23. The Morgan fingerprint density at radius 1 is 1.08 bits per heavy atom. The monoisotopic (exact) mass is 366 g/mol. The highest BCUT2D eigenvalue weighted by Gasteiger charge is 2.12. The first kappa shape index (κ1) is 16.4. The lowest BCUT2D eigenvalue weighted by Crippen LogP contribution is -2.07. The summed E-state index contributed by atoms with van der Waals surface area (Å²) in [6.45, 7) is 0.0588. The number of carbonyl (C=O) groups excluding carboxylic acids is 1. The molecule has 2 heterocycles. The van der Waals surface area contributed by atoms with Crippen molar-refractivity contribution < 1.29 is 18.5 Å². The molecule has 0 saturated carbocycles. The molecule has 0 bridgehead atoms. The molecule has 0 radical (unpaired) electrons. The normalized spacial score (nSPS) is 10.9. The molecular formula is C19H14N2O4S. The third kappa shape index (κ3) is 3.78. The van der Waals surface area contributed by atoms with Gasteiger partial charge in [-0.1, -0.05) is 59.4 Å². The summed E-state index contributed by atoms with van der Waals surface area (Å²) in [7, 11) is 0. The zero-order valence-corrected chi connectivity index (χ0v) is 14.4. The Balaban J connectivity index is 1.29. The molecule has 0 aliphatic rings. The molecular weight excluding hydrogens is 352 g/mol. The van der Waals surface area contributed by atoms with E-state index in [0.717, 1.165) is 11.1 Å². The average molecular weight is 366 g/mol. The molecule has 0 fully saturated rings. The Morgan fingerprint density at radius 3 is 2.73 bits per heavy atom. The van der Waals surface area contributed by atoms with Gasteiger partial charge in [-0.15, -0.1) is 0 Å². The van der Waals surface area contributed by atoms with Crippen LogP contribution < -0.4 is 0 Å². The second kappa shape index (κ2) is 7.45. The molecule has 6 nitrogen and oxygen atoms in total. The molecule has 7 heteroatoms. The largest absolute Gasteiger partial charge is 0.458 e. The summed E-state index contributed by atoms with van der Waals surface area (Å²) in [6.07, 6.45) is 0. The van der Waals surface area contributed by atoms with Crippen molar-refractivity contribution in [3.8, 4) is 11.3 Å². The number of para-hydroxylation sites is 2. The molecule has 0 aliphatic carbocycles. The van der Waals surface area contributed by atoms with Crippen LogP contribution in [0.3, 0.4) is 0 Å². The van der Waals surface area contributed by atoms with Crippen LogP contribution in [0.4, 0.5) is 0 Å². The predicted octanol–water partition coefficient (Wildman–Crippen LogP) is 4.32. The molecule has 130 valence electrons. The third-order valence-corrected chi connectivity index (χ3v) is 4.39. The first-order valence-electron chi connectivity index (χ1n) is 7.93. The van der Waals surface area contributed by atoms with E-state index in [9.17, 15) is 4.79 Å². The van der Waals surface area contributed by atoms with Gasteiger partial charge in [0, 0.05) is 11.6 Å². The summed E-state index contributed by atoms with van der Waals surface area (Å²) >= 11 is 1.20. The Kier molecular flexibility index (Phi) is 4.70. The number of hydrogen-bond acceptors (Lipinski definition) is 7. The SMILES string of the molecule is O=C(CSc1nc2ccccc2o1)OCc1cc(-c2ccccc2)on1. The van der Waals surface area contributed by atoms with E-state index in [1.807, 2.05) is 54.6 Å². The van der Waals surface area contributed by atoms with Gasteiger partial charge in [-0.25, -0.2) is 4.98 Å². The number of hydrogen-bond donors (Lipinski definition) is 0. The van der Waals surface area contributed by atoms with Crippen LogP contribution in [0, 0.1) is 0 Å². The van der Waals surface area contributed by atoms with E-state index in [1.165, 1.54) is 11.8 Å². The summed E-state index contributed by atoms with van der Waals surface area (Å²) < 4.78 is 16.0. The fourth-order valence-corrected chi connectivity index (χ4v) is 2.98. The van der Waals surface area contributed by atoms with Crippen LogP contribution in [0.25, 0.3) is 22.4 Å². The van der Waals surface area contributed by atoms with Gasteiger partial charge in [-0.2, -0.15) is 0 Å². The number of benzene rings is 2. The second-order valence-corrected chi connectivity index (χ2v) is 6.37.